The molecule has 1 atom stereocenters. The molecule has 0 unspecified atom stereocenters. The van der Waals surface area contributed by atoms with Crippen molar-refractivity contribution in [1.29, 1.82) is 0 Å². The average Bonchev–Trinajstić information content (AvgIpc) is 2.53. The minimum atomic E-state index is -1.29. The van der Waals surface area contributed by atoms with Gasteiger partial charge < -0.3 is 18.9 Å². The van der Waals surface area contributed by atoms with Crippen LogP contribution < -0.4 is 0 Å². The molecular formula is C20H33NO8. The van der Waals surface area contributed by atoms with E-state index in [1.54, 1.807) is 48.5 Å². The van der Waals surface area contributed by atoms with E-state index in [0.29, 0.717) is 4.90 Å². The van der Waals surface area contributed by atoms with Crippen LogP contribution in [0.4, 0.5) is 9.59 Å². The first kappa shape index (κ1) is 26.4. The van der Waals surface area contributed by atoms with Crippen molar-refractivity contribution >= 4 is 24.1 Å². The standard InChI is InChI=1S/C20H33NO8/c1-9-27-15(22)13-11-10-12-14(16(23)26-8)21(17(24)28-19(2,3)4)18(25)29-20(5,6)7/h11,13-14H,9-10,12H2,1-8H3/b13-11-/t14-/m0/s1. The van der Waals surface area contributed by atoms with Crippen molar-refractivity contribution in [2.45, 2.75) is 78.6 Å². The van der Waals surface area contributed by atoms with Crippen LogP contribution in [0.25, 0.3) is 0 Å². The summed E-state index contributed by atoms with van der Waals surface area (Å²) < 4.78 is 20.1. The maximum absolute atomic E-state index is 12.7. The van der Waals surface area contributed by atoms with E-state index in [9.17, 15) is 19.2 Å². The molecule has 29 heavy (non-hydrogen) atoms. The molecule has 0 radical (unpaired) electrons. The Bertz CT molecular complexity index is 585. The van der Waals surface area contributed by atoms with Gasteiger partial charge in [0.05, 0.1) is 13.7 Å². The summed E-state index contributed by atoms with van der Waals surface area (Å²) >= 11 is 0. The second-order valence-corrected chi connectivity index (χ2v) is 8.10. The number of nitrogens with zero attached hydrogens (tertiary/aromatic N) is 1. The number of rotatable bonds is 7. The predicted molar refractivity (Wildman–Crippen MR) is 105 cm³/mol. The predicted octanol–water partition coefficient (Wildman–Crippen LogP) is 3.60. The topological polar surface area (TPSA) is 108 Å². The quantitative estimate of drug-likeness (QED) is 0.352. The first-order chi connectivity index (χ1) is 13.2. The molecule has 0 aromatic heterocycles. The zero-order valence-electron chi connectivity index (χ0n) is 18.6. The number of imide groups is 1. The average molecular weight is 415 g/mol. The van der Waals surface area contributed by atoms with Gasteiger partial charge in [0.2, 0.25) is 0 Å². The number of ether oxygens (including phenoxy) is 4. The van der Waals surface area contributed by atoms with Crippen molar-refractivity contribution < 1.29 is 38.1 Å². The molecule has 0 aliphatic carbocycles. The molecule has 9 nitrogen and oxygen atoms in total. The normalized spacial score (nSPS) is 12.8. The number of methoxy groups -OCH3 is 1. The summed E-state index contributed by atoms with van der Waals surface area (Å²) in [4.78, 5) is 49.7. The number of allylic oxidation sites excluding steroid dienone is 1. The molecule has 0 spiro atoms. The number of amides is 2. The fourth-order valence-electron chi connectivity index (χ4n) is 2.06. The van der Waals surface area contributed by atoms with Gasteiger partial charge in [0, 0.05) is 6.08 Å². The Balaban J connectivity index is 5.66. The number of hydrogen-bond acceptors (Lipinski definition) is 8. The second kappa shape index (κ2) is 11.4. The SMILES string of the molecule is CCOC(=O)/C=C\CC[C@@H](C(=O)OC)N(C(=O)OC(C)(C)C)C(=O)OC(C)(C)C. The summed E-state index contributed by atoms with van der Waals surface area (Å²) in [5.41, 5.74) is -1.80. The molecule has 0 N–H and O–H groups in total. The fraction of sp³-hybridized carbons (Fsp3) is 0.700. The Hall–Kier alpha value is -2.58. The summed E-state index contributed by atoms with van der Waals surface area (Å²) in [5, 5.41) is 0. The lowest BCUT2D eigenvalue weighted by atomic mass is 10.1. The van der Waals surface area contributed by atoms with E-state index in [0.717, 1.165) is 7.11 Å². The molecule has 2 amide bonds. The Morgan fingerprint density at radius 2 is 1.41 bits per heavy atom. The number of carbonyl (C=O) groups excluding carboxylic acids is 4. The molecule has 0 aromatic carbocycles. The number of esters is 2. The lowest BCUT2D eigenvalue weighted by Crippen LogP contribution is -2.52. The molecular weight excluding hydrogens is 382 g/mol. The van der Waals surface area contributed by atoms with Gasteiger partial charge in [-0.25, -0.2) is 19.2 Å². The van der Waals surface area contributed by atoms with Crippen LogP contribution in [-0.2, 0) is 28.5 Å². The molecule has 166 valence electrons. The van der Waals surface area contributed by atoms with E-state index in [4.69, 9.17) is 18.9 Å². The fourth-order valence-corrected chi connectivity index (χ4v) is 2.06. The summed E-state index contributed by atoms with van der Waals surface area (Å²) in [5.74, 6) is -1.34. The first-order valence-corrected chi connectivity index (χ1v) is 9.38. The molecule has 0 bridgehead atoms. The van der Waals surface area contributed by atoms with Gasteiger partial charge in [-0.2, -0.15) is 4.90 Å². The summed E-state index contributed by atoms with van der Waals surface area (Å²) in [6, 6.07) is -1.29. The van der Waals surface area contributed by atoms with Crippen molar-refractivity contribution in [2.24, 2.45) is 0 Å². The molecule has 0 aliphatic heterocycles. The van der Waals surface area contributed by atoms with Crippen LogP contribution in [0.3, 0.4) is 0 Å². The van der Waals surface area contributed by atoms with Crippen LogP contribution >= 0.6 is 0 Å². The highest BCUT2D eigenvalue weighted by Gasteiger charge is 2.40. The largest absolute Gasteiger partial charge is 0.467 e. The first-order valence-electron chi connectivity index (χ1n) is 9.38. The number of hydrogen-bond donors (Lipinski definition) is 0. The molecule has 0 aromatic rings. The van der Waals surface area contributed by atoms with Gasteiger partial charge in [-0.05, 0) is 61.3 Å². The highest BCUT2D eigenvalue weighted by molar-refractivity contribution is 5.94. The third-order valence-corrected chi connectivity index (χ3v) is 3.11. The summed E-state index contributed by atoms with van der Waals surface area (Å²) in [6.07, 6.45) is 0.828. The molecule has 9 heteroatoms. The van der Waals surface area contributed by atoms with Crippen LogP contribution in [-0.4, -0.2) is 60.0 Å². The zero-order valence-corrected chi connectivity index (χ0v) is 18.6. The third kappa shape index (κ3) is 11.1. The van der Waals surface area contributed by atoms with E-state index >= 15 is 0 Å². The lowest BCUT2D eigenvalue weighted by Gasteiger charge is -2.32. The van der Waals surface area contributed by atoms with E-state index < -0.39 is 41.4 Å². The highest BCUT2D eigenvalue weighted by atomic mass is 16.6. The van der Waals surface area contributed by atoms with Crippen molar-refractivity contribution in [3.63, 3.8) is 0 Å². The Morgan fingerprint density at radius 1 is 0.931 bits per heavy atom. The Kier molecular flexibility index (Phi) is 10.4. The van der Waals surface area contributed by atoms with E-state index in [1.165, 1.54) is 12.2 Å². The maximum Gasteiger partial charge on any atom is 0.420 e. The van der Waals surface area contributed by atoms with E-state index in [2.05, 4.69) is 0 Å². The smallest absolute Gasteiger partial charge is 0.420 e. The second-order valence-electron chi connectivity index (χ2n) is 8.10. The van der Waals surface area contributed by atoms with Crippen molar-refractivity contribution in [2.75, 3.05) is 13.7 Å². The van der Waals surface area contributed by atoms with Crippen molar-refractivity contribution in [3.05, 3.63) is 12.2 Å². The minimum Gasteiger partial charge on any atom is -0.467 e. The summed E-state index contributed by atoms with van der Waals surface area (Å²) in [6.45, 7) is 11.7. The van der Waals surface area contributed by atoms with Crippen LogP contribution in [0.2, 0.25) is 0 Å². The third-order valence-electron chi connectivity index (χ3n) is 3.11. The maximum atomic E-state index is 12.7. The molecule has 0 saturated carbocycles. The van der Waals surface area contributed by atoms with Crippen LogP contribution in [0, 0.1) is 0 Å². The molecule has 0 rings (SSSR count). The molecule has 0 saturated heterocycles. The van der Waals surface area contributed by atoms with Crippen LogP contribution in [0.5, 0.6) is 0 Å². The van der Waals surface area contributed by atoms with Gasteiger partial charge in [0.1, 0.15) is 17.2 Å². The Morgan fingerprint density at radius 3 is 1.79 bits per heavy atom. The Labute approximate surface area is 172 Å². The zero-order chi connectivity index (χ0) is 22.8. The monoisotopic (exact) mass is 415 g/mol. The van der Waals surface area contributed by atoms with Gasteiger partial charge in [-0.15, -0.1) is 0 Å². The number of carbonyl (C=O) groups is 4. The van der Waals surface area contributed by atoms with Gasteiger partial charge in [0.15, 0.2) is 0 Å². The van der Waals surface area contributed by atoms with E-state index in [-0.39, 0.29) is 19.4 Å². The van der Waals surface area contributed by atoms with Gasteiger partial charge in [-0.3, -0.25) is 0 Å². The van der Waals surface area contributed by atoms with Crippen LogP contribution in [0.15, 0.2) is 12.2 Å². The van der Waals surface area contributed by atoms with E-state index in [1.807, 2.05) is 0 Å². The molecule has 0 aliphatic rings. The lowest BCUT2D eigenvalue weighted by molar-refractivity contribution is -0.146. The minimum absolute atomic E-state index is 0.00106. The van der Waals surface area contributed by atoms with Crippen molar-refractivity contribution in [1.82, 2.24) is 4.90 Å². The summed E-state index contributed by atoms with van der Waals surface area (Å²) in [7, 11) is 1.14. The molecule has 0 heterocycles. The van der Waals surface area contributed by atoms with Gasteiger partial charge >= 0.3 is 24.1 Å². The van der Waals surface area contributed by atoms with Gasteiger partial charge in [-0.1, -0.05) is 6.08 Å². The van der Waals surface area contributed by atoms with Gasteiger partial charge in [0.25, 0.3) is 0 Å². The molecule has 0 fully saturated rings. The van der Waals surface area contributed by atoms with Crippen molar-refractivity contribution in [3.8, 4) is 0 Å². The highest BCUT2D eigenvalue weighted by Crippen LogP contribution is 2.20. The van der Waals surface area contributed by atoms with Crippen LogP contribution in [0.1, 0.15) is 61.3 Å².